The number of ether oxygens (including phenoxy) is 2. The highest BCUT2D eigenvalue weighted by Gasteiger charge is 2.13. The maximum absolute atomic E-state index is 11.7. The molecule has 3 aromatic rings. The molecule has 2 aromatic heterocycles. The summed E-state index contributed by atoms with van der Waals surface area (Å²) in [5, 5.41) is 0.845. The van der Waals surface area contributed by atoms with E-state index in [-0.39, 0.29) is 35.3 Å². The van der Waals surface area contributed by atoms with Crippen molar-refractivity contribution in [1.82, 2.24) is 9.97 Å². The number of carbonyl (C=O) groups excluding carboxylic acids is 1. The normalized spacial score (nSPS) is 8.67. The first-order chi connectivity index (χ1) is 13.5. The SMILES string of the molecule is C.CCOC(=O)c1cc2cc(OCCCSC)cc(N)c2[nH]1.O.O.O.O.S=c1cccc[nH]1. The number of fused-ring (bicyclic) bond motifs is 1. The smallest absolute Gasteiger partial charge is 0.354 e. The number of thioether (sulfide) groups is 1. The Hall–Kier alpha value is -2.61. The molecule has 0 saturated heterocycles. The monoisotopic (exact) mass is 507 g/mol. The molecule has 0 bridgehead atoms. The van der Waals surface area contributed by atoms with E-state index in [9.17, 15) is 4.79 Å². The van der Waals surface area contributed by atoms with Crippen LogP contribution >= 0.6 is 24.0 Å². The molecule has 10 nitrogen and oxygen atoms in total. The van der Waals surface area contributed by atoms with Crippen molar-refractivity contribution in [3.05, 3.63) is 52.9 Å². The highest BCUT2D eigenvalue weighted by molar-refractivity contribution is 7.98. The highest BCUT2D eigenvalue weighted by atomic mass is 32.2. The number of nitrogens with two attached hydrogens (primary N) is 1. The minimum Gasteiger partial charge on any atom is -0.493 e. The quantitative estimate of drug-likeness (QED) is 0.188. The molecule has 2 heterocycles. The third kappa shape index (κ3) is 12.3. The summed E-state index contributed by atoms with van der Waals surface area (Å²) in [6, 6.07) is 11.0. The lowest BCUT2D eigenvalue weighted by molar-refractivity contribution is 0.0520. The molecule has 0 spiro atoms. The van der Waals surface area contributed by atoms with Crippen molar-refractivity contribution < 1.29 is 36.2 Å². The minimum atomic E-state index is -0.379. The van der Waals surface area contributed by atoms with Gasteiger partial charge in [0.15, 0.2) is 0 Å². The zero-order valence-electron chi connectivity index (χ0n) is 18.0. The van der Waals surface area contributed by atoms with Gasteiger partial charge in [-0.25, -0.2) is 4.79 Å². The van der Waals surface area contributed by atoms with Gasteiger partial charge in [-0.1, -0.05) is 25.7 Å². The molecule has 0 saturated carbocycles. The van der Waals surface area contributed by atoms with Crippen LogP contribution in [-0.2, 0) is 4.74 Å². The molecule has 0 amide bonds. The van der Waals surface area contributed by atoms with Gasteiger partial charge in [0.2, 0.25) is 0 Å². The number of hydrogen-bond donors (Lipinski definition) is 3. The minimum absolute atomic E-state index is 0. The molecule has 0 aliphatic heterocycles. The van der Waals surface area contributed by atoms with Gasteiger partial charge in [0.25, 0.3) is 0 Å². The molecule has 190 valence electrons. The van der Waals surface area contributed by atoms with E-state index >= 15 is 0 Å². The molecule has 0 atom stereocenters. The molecule has 12 N–H and O–H groups in total. The van der Waals surface area contributed by atoms with Crippen molar-refractivity contribution in [3.8, 4) is 5.75 Å². The summed E-state index contributed by atoms with van der Waals surface area (Å²) in [6.45, 7) is 2.77. The standard InChI is InChI=1S/C15H20N2O3S.C5H5NS.CH4.4H2O/c1-3-19-15(18)13-8-10-7-11(20-5-4-6-21-2)9-12(16)14(10)17-13;7-5-3-1-2-4-6-5;;;;;/h7-9,17H,3-6,16H2,1-2H3;1-4H,(H,6,7);1H4;4*1H2. The Morgan fingerprint density at radius 2 is 1.85 bits per heavy atom. The fourth-order valence-electron chi connectivity index (χ4n) is 2.42. The molecule has 1 aromatic carbocycles. The zero-order chi connectivity index (χ0) is 20.4. The number of esters is 1. The Morgan fingerprint density at radius 3 is 2.36 bits per heavy atom. The second-order valence-corrected chi connectivity index (χ2v) is 7.23. The number of aromatic amines is 2. The zero-order valence-corrected chi connectivity index (χ0v) is 19.6. The number of benzene rings is 1. The van der Waals surface area contributed by atoms with E-state index in [0.717, 1.165) is 33.5 Å². The Morgan fingerprint density at radius 1 is 1.15 bits per heavy atom. The van der Waals surface area contributed by atoms with Crippen LogP contribution in [0.15, 0.2) is 42.6 Å². The fraction of sp³-hybridized carbons (Fsp3) is 0.333. The lowest BCUT2D eigenvalue weighted by Gasteiger charge is -2.07. The van der Waals surface area contributed by atoms with Gasteiger partial charge in [-0.15, -0.1) is 0 Å². The Bertz CT molecular complexity index is 947. The topological polar surface area (TPSA) is 219 Å². The van der Waals surface area contributed by atoms with Crippen molar-refractivity contribution in [2.45, 2.75) is 20.8 Å². The van der Waals surface area contributed by atoms with Crippen molar-refractivity contribution in [2.75, 3.05) is 31.0 Å². The van der Waals surface area contributed by atoms with Crippen LogP contribution in [0.4, 0.5) is 5.69 Å². The van der Waals surface area contributed by atoms with E-state index in [1.807, 2.05) is 30.5 Å². The number of carbonyl (C=O) groups is 1. The van der Waals surface area contributed by atoms with E-state index in [2.05, 4.69) is 16.2 Å². The summed E-state index contributed by atoms with van der Waals surface area (Å²) in [6.07, 6.45) is 4.86. The van der Waals surface area contributed by atoms with Crippen molar-refractivity contribution in [3.63, 3.8) is 0 Å². The first kappa shape index (κ1) is 37.7. The highest BCUT2D eigenvalue weighted by Crippen LogP contribution is 2.28. The van der Waals surface area contributed by atoms with E-state index < -0.39 is 0 Å². The third-order valence-corrected chi connectivity index (χ3v) is 4.62. The lowest BCUT2D eigenvalue weighted by atomic mass is 10.2. The number of pyridine rings is 1. The molecular formula is C21H37N3O7S2. The van der Waals surface area contributed by atoms with Gasteiger partial charge in [-0.2, -0.15) is 11.8 Å². The van der Waals surface area contributed by atoms with Crippen LogP contribution in [0.25, 0.3) is 10.9 Å². The molecule has 0 unspecified atom stereocenters. The summed E-state index contributed by atoms with van der Waals surface area (Å²) in [4.78, 5) is 17.6. The first-order valence-corrected chi connectivity index (χ1v) is 10.7. The Kier molecular flexibility index (Phi) is 22.9. The number of hydrogen-bond acceptors (Lipinski definition) is 6. The summed E-state index contributed by atoms with van der Waals surface area (Å²) in [7, 11) is 0. The number of anilines is 1. The van der Waals surface area contributed by atoms with Gasteiger partial charge < -0.3 is 47.1 Å². The summed E-state index contributed by atoms with van der Waals surface area (Å²) < 4.78 is 11.4. The summed E-state index contributed by atoms with van der Waals surface area (Å²) in [5.74, 6) is 1.40. The van der Waals surface area contributed by atoms with Gasteiger partial charge >= 0.3 is 5.97 Å². The van der Waals surface area contributed by atoms with E-state index in [4.69, 9.17) is 27.4 Å². The van der Waals surface area contributed by atoms with Crippen LogP contribution < -0.4 is 10.5 Å². The molecule has 0 aliphatic carbocycles. The predicted molar refractivity (Wildman–Crippen MR) is 140 cm³/mol. The van der Waals surface area contributed by atoms with Gasteiger partial charge in [-0.05, 0) is 49.6 Å². The van der Waals surface area contributed by atoms with Crippen LogP contribution in [0, 0.1) is 4.64 Å². The number of rotatable bonds is 7. The largest absolute Gasteiger partial charge is 0.493 e. The molecule has 33 heavy (non-hydrogen) atoms. The predicted octanol–water partition coefficient (Wildman–Crippen LogP) is 2.14. The first-order valence-electron chi connectivity index (χ1n) is 8.90. The number of aromatic nitrogens is 2. The molecular weight excluding hydrogens is 470 g/mol. The fourth-order valence-corrected chi connectivity index (χ4v) is 2.97. The second kappa shape index (κ2) is 20.0. The molecule has 3 rings (SSSR count). The average molecular weight is 508 g/mol. The maximum Gasteiger partial charge on any atom is 0.354 e. The summed E-state index contributed by atoms with van der Waals surface area (Å²) in [5.41, 5.74) is 7.70. The van der Waals surface area contributed by atoms with Gasteiger partial charge in [0, 0.05) is 17.6 Å². The lowest BCUT2D eigenvalue weighted by Crippen LogP contribution is -2.04. The van der Waals surface area contributed by atoms with Crippen molar-refractivity contribution in [1.29, 1.82) is 0 Å². The molecule has 0 radical (unpaired) electrons. The van der Waals surface area contributed by atoms with E-state index in [1.165, 1.54) is 0 Å². The van der Waals surface area contributed by atoms with Crippen LogP contribution in [0.3, 0.4) is 0 Å². The van der Waals surface area contributed by atoms with Gasteiger partial charge in [0.1, 0.15) is 16.1 Å². The Labute approximate surface area is 203 Å². The number of nitrogen functional groups attached to an aromatic ring is 1. The van der Waals surface area contributed by atoms with Crippen LogP contribution in [0.2, 0.25) is 0 Å². The average Bonchev–Trinajstić information content (AvgIpc) is 3.12. The van der Waals surface area contributed by atoms with Crippen LogP contribution in [-0.4, -0.2) is 63.1 Å². The van der Waals surface area contributed by atoms with Crippen LogP contribution in [0.1, 0.15) is 31.3 Å². The second-order valence-electron chi connectivity index (χ2n) is 5.80. The van der Waals surface area contributed by atoms with Crippen molar-refractivity contribution >= 4 is 46.5 Å². The number of H-pyrrole nitrogens is 2. The van der Waals surface area contributed by atoms with Crippen molar-refractivity contribution in [2.24, 2.45) is 0 Å². The summed E-state index contributed by atoms with van der Waals surface area (Å²) >= 11 is 6.55. The van der Waals surface area contributed by atoms with Gasteiger partial charge in [-0.3, -0.25) is 0 Å². The molecule has 0 fully saturated rings. The third-order valence-electron chi connectivity index (χ3n) is 3.67. The molecule has 0 aliphatic rings. The molecule has 12 heteroatoms. The maximum atomic E-state index is 11.7. The van der Waals surface area contributed by atoms with Gasteiger partial charge in [0.05, 0.1) is 24.4 Å². The Balaban J connectivity index is -0.000000305. The number of nitrogens with one attached hydrogen (secondary N) is 2. The van der Waals surface area contributed by atoms with E-state index in [1.54, 1.807) is 30.8 Å². The van der Waals surface area contributed by atoms with Crippen LogP contribution in [0.5, 0.6) is 5.75 Å². The van der Waals surface area contributed by atoms with E-state index in [0.29, 0.717) is 24.6 Å².